The molecule has 1 heterocycles. The monoisotopic (exact) mass is 335 g/mol. The van der Waals surface area contributed by atoms with E-state index >= 15 is 0 Å². The van der Waals surface area contributed by atoms with Gasteiger partial charge in [0.25, 0.3) is 0 Å². The van der Waals surface area contributed by atoms with Crippen LogP contribution in [0.4, 0.5) is 0 Å². The van der Waals surface area contributed by atoms with E-state index < -0.39 is 10.0 Å². The second-order valence-corrected chi connectivity index (χ2v) is 8.84. The van der Waals surface area contributed by atoms with E-state index in [0.29, 0.717) is 11.4 Å². The second-order valence-electron chi connectivity index (χ2n) is 5.95. The summed E-state index contributed by atoms with van der Waals surface area (Å²) >= 11 is 1.69. The predicted molar refractivity (Wildman–Crippen MR) is 90.9 cm³/mol. The van der Waals surface area contributed by atoms with Gasteiger partial charge in [-0.05, 0) is 56.2 Å². The number of hydrogen-bond donors (Lipinski definition) is 0. The van der Waals surface area contributed by atoms with Gasteiger partial charge in [0, 0.05) is 17.5 Å². The third-order valence-electron chi connectivity index (χ3n) is 4.03. The molecular formula is C17H21NO2S2. The summed E-state index contributed by atoms with van der Waals surface area (Å²) in [6.07, 6.45) is 2.75. The van der Waals surface area contributed by atoms with Crippen LogP contribution in [0.1, 0.15) is 28.8 Å². The Kier molecular flexibility index (Phi) is 4.39. The average Bonchev–Trinajstić information content (AvgIpc) is 3.13. The van der Waals surface area contributed by atoms with E-state index in [2.05, 4.69) is 6.07 Å². The molecule has 5 heteroatoms. The van der Waals surface area contributed by atoms with Crippen molar-refractivity contribution in [2.45, 2.75) is 44.0 Å². The Morgan fingerprint density at radius 2 is 2.00 bits per heavy atom. The van der Waals surface area contributed by atoms with Gasteiger partial charge in [-0.3, -0.25) is 0 Å². The fourth-order valence-corrected chi connectivity index (χ4v) is 5.34. The molecule has 1 saturated carbocycles. The highest BCUT2D eigenvalue weighted by atomic mass is 32.2. The van der Waals surface area contributed by atoms with E-state index in [1.165, 1.54) is 4.88 Å². The lowest BCUT2D eigenvalue weighted by Crippen LogP contribution is -2.35. The Morgan fingerprint density at radius 1 is 1.23 bits per heavy atom. The highest BCUT2D eigenvalue weighted by Crippen LogP contribution is 2.33. The largest absolute Gasteiger partial charge is 0.243 e. The minimum Gasteiger partial charge on any atom is -0.207 e. The molecule has 118 valence electrons. The molecule has 3 nitrogen and oxygen atoms in total. The van der Waals surface area contributed by atoms with Crippen LogP contribution in [0.3, 0.4) is 0 Å². The third kappa shape index (κ3) is 3.26. The lowest BCUT2D eigenvalue weighted by atomic mass is 10.2. The van der Waals surface area contributed by atoms with Gasteiger partial charge >= 0.3 is 0 Å². The zero-order valence-corrected chi connectivity index (χ0v) is 14.6. The van der Waals surface area contributed by atoms with E-state index in [0.717, 1.165) is 30.4 Å². The molecule has 0 atom stereocenters. The molecule has 1 fully saturated rings. The first kappa shape index (κ1) is 15.7. The fourth-order valence-electron chi connectivity index (χ4n) is 2.75. The Bertz CT molecular complexity index is 747. The summed E-state index contributed by atoms with van der Waals surface area (Å²) in [7, 11) is -3.40. The topological polar surface area (TPSA) is 37.4 Å². The number of rotatable bonds is 6. The second kappa shape index (κ2) is 6.14. The van der Waals surface area contributed by atoms with Gasteiger partial charge < -0.3 is 0 Å². The maximum atomic E-state index is 13.0. The van der Waals surface area contributed by atoms with Crippen LogP contribution in [0.5, 0.6) is 0 Å². The Hall–Kier alpha value is -1.17. The van der Waals surface area contributed by atoms with Gasteiger partial charge in [0.15, 0.2) is 0 Å². The van der Waals surface area contributed by atoms with Crippen LogP contribution in [-0.4, -0.2) is 25.3 Å². The van der Waals surface area contributed by atoms with E-state index in [1.54, 1.807) is 21.7 Å². The number of nitrogens with zero attached hydrogens (tertiary/aromatic N) is 1. The smallest absolute Gasteiger partial charge is 0.207 e. The summed E-state index contributed by atoms with van der Waals surface area (Å²) in [5.74, 6) is 0. The highest BCUT2D eigenvalue weighted by Gasteiger charge is 2.38. The molecule has 0 spiro atoms. The first-order chi connectivity index (χ1) is 10.5. The van der Waals surface area contributed by atoms with Gasteiger partial charge in [0.05, 0.1) is 4.90 Å². The number of thiophene rings is 1. The van der Waals surface area contributed by atoms with Crippen molar-refractivity contribution in [3.63, 3.8) is 0 Å². The van der Waals surface area contributed by atoms with Crippen LogP contribution < -0.4 is 0 Å². The number of sulfonamides is 1. The molecule has 1 aliphatic carbocycles. The molecule has 1 aliphatic rings. The summed E-state index contributed by atoms with van der Waals surface area (Å²) in [5, 5.41) is 2.04. The van der Waals surface area contributed by atoms with Gasteiger partial charge in [0.2, 0.25) is 10.0 Å². The van der Waals surface area contributed by atoms with Gasteiger partial charge in [0.1, 0.15) is 0 Å². The molecule has 1 aromatic carbocycles. The van der Waals surface area contributed by atoms with E-state index in [9.17, 15) is 8.42 Å². The van der Waals surface area contributed by atoms with Gasteiger partial charge in [-0.2, -0.15) is 4.31 Å². The normalized spacial score (nSPS) is 15.4. The summed E-state index contributed by atoms with van der Waals surface area (Å²) in [6, 6.07) is 9.84. The minimum atomic E-state index is -3.40. The number of hydrogen-bond acceptors (Lipinski definition) is 3. The maximum absolute atomic E-state index is 13.0. The van der Waals surface area contributed by atoms with E-state index in [1.807, 2.05) is 37.4 Å². The van der Waals surface area contributed by atoms with E-state index in [-0.39, 0.29) is 6.04 Å². The van der Waals surface area contributed by atoms with Gasteiger partial charge in [-0.15, -0.1) is 11.3 Å². The van der Waals surface area contributed by atoms with Crippen LogP contribution in [0.2, 0.25) is 0 Å². The van der Waals surface area contributed by atoms with Gasteiger partial charge in [-0.1, -0.05) is 23.8 Å². The first-order valence-corrected chi connectivity index (χ1v) is 9.92. The summed E-state index contributed by atoms with van der Waals surface area (Å²) in [4.78, 5) is 1.69. The van der Waals surface area contributed by atoms with Crippen molar-refractivity contribution in [1.29, 1.82) is 0 Å². The molecule has 0 radical (unpaired) electrons. The molecule has 0 unspecified atom stereocenters. The molecule has 0 aliphatic heterocycles. The Morgan fingerprint density at radius 3 is 2.59 bits per heavy atom. The van der Waals surface area contributed by atoms with Crippen LogP contribution in [0.25, 0.3) is 0 Å². The van der Waals surface area contributed by atoms with Crippen LogP contribution in [-0.2, 0) is 16.4 Å². The van der Waals surface area contributed by atoms with Crippen molar-refractivity contribution >= 4 is 21.4 Å². The van der Waals surface area contributed by atoms with Crippen LogP contribution in [0.15, 0.2) is 40.6 Å². The van der Waals surface area contributed by atoms with Gasteiger partial charge in [-0.25, -0.2) is 8.42 Å². The van der Waals surface area contributed by atoms with Crippen molar-refractivity contribution in [1.82, 2.24) is 4.31 Å². The average molecular weight is 335 g/mol. The molecule has 1 aromatic heterocycles. The van der Waals surface area contributed by atoms with Crippen molar-refractivity contribution in [2.24, 2.45) is 0 Å². The summed E-state index contributed by atoms with van der Waals surface area (Å²) < 4.78 is 27.8. The molecular weight excluding hydrogens is 314 g/mol. The first-order valence-electron chi connectivity index (χ1n) is 7.60. The highest BCUT2D eigenvalue weighted by molar-refractivity contribution is 7.89. The quantitative estimate of drug-likeness (QED) is 0.806. The Balaban J connectivity index is 1.86. The minimum absolute atomic E-state index is 0.186. The van der Waals surface area contributed by atoms with Crippen molar-refractivity contribution in [3.05, 3.63) is 51.7 Å². The SMILES string of the molecule is Cc1ccc(S(=O)(=O)N(CCc2cccs2)C2CC2)c(C)c1. The molecule has 2 aromatic rings. The summed E-state index contributed by atoms with van der Waals surface area (Å²) in [6.45, 7) is 4.43. The van der Waals surface area contributed by atoms with Crippen molar-refractivity contribution in [3.8, 4) is 0 Å². The van der Waals surface area contributed by atoms with Crippen molar-refractivity contribution in [2.75, 3.05) is 6.54 Å². The van der Waals surface area contributed by atoms with Crippen LogP contribution >= 0.6 is 11.3 Å². The lowest BCUT2D eigenvalue weighted by Gasteiger charge is -2.23. The lowest BCUT2D eigenvalue weighted by molar-refractivity contribution is 0.407. The molecule has 0 N–H and O–H groups in total. The third-order valence-corrected chi connectivity index (χ3v) is 7.08. The molecule has 0 saturated heterocycles. The van der Waals surface area contributed by atoms with Crippen LogP contribution in [0, 0.1) is 13.8 Å². The predicted octanol–water partition coefficient (Wildman–Crippen LogP) is 3.76. The zero-order chi connectivity index (χ0) is 15.7. The van der Waals surface area contributed by atoms with E-state index in [4.69, 9.17) is 0 Å². The number of aryl methyl sites for hydroxylation is 2. The molecule has 0 amide bonds. The zero-order valence-electron chi connectivity index (χ0n) is 13.0. The Labute approximate surface area is 136 Å². The maximum Gasteiger partial charge on any atom is 0.243 e. The molecule has 0 bridgehead atoms. The van der Waals surface area contributed by atoms with Crippen molar-refractivity contribution < 1.29 is 8.42 Å². The number of benzene rings is 1. The molecule has 3 rings (SSSR count). The standard InChI is InChI=1S/C17H21NO2S2/c1-13-5-8-17(14(2)12-13)22(19,20)18(15-6-7-15)10-9-16-4-3-11-21-16/h3-5,8,11-12,15H,6-7,9-10H2,1-2H3. The molecule has 22 heavy (non-hydrogen) atoms. The fraction of sp³-hybridized carbons (Fsp3) is 0.412. The summed E-state index contributed by atoms with van der Waals surface area (Å²) in [5.41, 5.74) is 1.93.